The summed E-state index contributed by atoms with van der Waals surface area (Å²) in [6.45, 7) is 2.13. The molecule has 2 rings (SSSR count). The molecule has 4 heteroatoms. The lowest BCUT2D eigenvalue weighted by molar-refractivity contribution is 0.0911. The monoisotopic (exact) mass is 294 g/mol. The van der Waals surface area contributed by atoms with Crippen molar-refractivity contribution >= 4 is 23.2 Å². The molecule has 3 nitrogen and oxygen atoms in total. The van der Waals surface area contributed by atoms with Gasteiger partial charge >= 0.3 is 0 Å². The lowest BCUT2D eigenvalue weighted by atomic mass is 9.83. The van der Waals surface area contributed by atoms with Crippen molar-refractivity contribution in [3.8, 4) is 0 Å². The van der Waals surface area contributed by atoms with E-state index in [2.05, 4.69) is 12.2 Å². The molecule has 0 spiro atoms. The van der Waals surface area contributed by atoms with E-state index in [1.807, 2.05) is 0 Å². The van der Waals surface area contributed by atoms with Crippen molar-refractivity contribution in [1.29, 1.82) is 0 Å². The second-order valence-corrected chi connectivity index (χ2v) is 6.03. The van der Waals surface area contributed by atoms with Crippen molar-refractivity contribution in [2.75, 3.05) is 5.73 Å². The number of rotatable bonds is 4. The maximum atomic E-state index is 12.3. The number of halogens is 1. The molecule has 1 aliphatic rings. The molecule has 1 saturated carbocycles. The minimum atomic E-state index is -0.0502. The van der Waals surface area contributed by atoms with Crippen molar-refractivity contribution in [2.45, 2.75) is 51.5 Å². The van der Waals surface area contributed by atoms with E-state index in [1.54, 1.807) is 18.2 Å². The summed E-state index contributed by atoms with van der Waals surface area (Å²) in [6.07, 6.45) is 7.31. The smallest absolute Gasteiger partial charge is 0.251 e. The number of benzene rings is 1. The van der Waals surface area contributed by atoms with Crippen LogP contribution in [0.1, 0.15) is 55.8 Å². The molecule has 1 aromatic rings. The summed E-state index contributed by atoms with van der Waals surface area (Å²) in [5.74, 6) is 0.563. The van der Waals surface area contributed by atoms with Gasteiger partial charge in [-0.05, 0) is 43.4 Å². The molecule has 0 radical (unpaired) electrons. The van der Waals surface area contributed by atoms with E-state index < -0.39 is 0 Å². The van der Waals surface area contributed by atoms with E-state index in [4.69, 9.17) is 17.3 Å². The topological polar surface area (TPSA) is 55.1 Å². The van der Waals surface area contributed by atoms with Crippen molar-refractivity contribution < 1.29 is 4.79 Å². The third-order valence-electron chi connectivity index (χ3n) is 4.23. The molecule has 1 aliphatic carbocycles. The van der Waals surface area contributed by atoms with Gasteiger partial charge in [0.25, 0.3) is 5.91 Å². The quantitative estimate of drug-likeness (QED) is 0.824. The zero-order valence-corrected chi connectivity index (χ0v) is 12.7. The lowest BCUT2D eigenvalue weighted by Gasteiger charge is -2.30. The summed E-state index contributed by atoms with van der Waals surface area (Å²) < 4.78 is 0. The molecule has 20 heavy (non-hydrogen) atoms. The molecule has 0 bridgehead atoms. The maximum Gasteiger partial charge on any atom is 0.251 e. The number of carbonyl (C=O) groups excluding carboxylic acids is 1. The summed E-state index contributed by atoms with van der Waals surface area (Å²) in [6, 6.07) is 5.31. The fraction of sp³-hybridized carbons (Fsp3) is 0.562. The molecule has 0 saturated heterocycles. The Morgan fingerprint density at radius 1 is 1.40 bits per heavy atom. The van der Waals surface area contributed by atoms with Gasteiger partial charge in [0.2, 0.25) is 0 Å². The van der Waals surface area contributed by atoms with Gasteiger partial charge in [-0.25, -0.2) is 0 Å². The number of nitrogen functional groups attached to an aromatic ring is 1. The first-order valence-corrected chi connectivity index (χ1v) is 7.85. The second-order valence-electron chi connectivity index (χ2n) is 5.62. The predicted molar refractivity (Wildman–Crippen MR) is 84.0 cm³/mol. The molecule has 3 N–H and O–H groups in total. The SMILES string of the molecule is CCC(NC(=O)c1ccc(Cl)c(N)c1)C1CCCCC1. The van der Waals surface area contributed by atoms with Crippen LogP contribution in [0.2, 0.25) is 5.02 Å². The molecule has 1 fully saturated rings. The molecule has 1 amide bonds. The zero-order chi connectivity index (χ0) is 14.5. The predicted octanol–water partition coefficient (Wildman–Crippen LogP) is 4.01. The van der Waals surface area contributed by atoms with Crippen molar-refractivity contribution in [3.05, 3.63) is 28.8 Å². The van der Waals surface area contributed by atoms with E-state index in [0.717, 1.165) is 6.42 Å². The molecule has 0 aliphatic heterocycles. The first-order valence-electron chi connectivity index (χ1n) is 7.47. The Labute approximate surface area is 125 Å². The highest BCUT2D eigenvalue weighted by Gasteiger charge is 2.24. The van der Waals surface area contributed by atoms with Crippen LogP contribution in [-0.2, 0) is 0 Å². The summed E-state index contributed by atoms with van der Waals surface area (Å²) in [4.78, 5) is 12.3. The third kappa shape index (κ3) is 3.66. The van der Waals surface area contributed by atoms with Gasteiger partial charge in [-0.2, -0.15) is 0 Å². The van der Waals surface area contributed by atoms with Gasteiger partial charge in [0.15, 0.2) is 0 Å². The van der Waals surface area contributed by atoms with Crippen LogP contribution >= 0.6 is 11.6 Å². The summed E-state index contributed by atoms with van der Waals surface area (Å²) in [7, 11) is 0. The molecule has 1 aromatic carbocycles. The third-order valence-corrected chi connectivity index (χ3v) is 4.58. The molecular weight excluding hydrogens is 272 g/mol. The van der Waals surface area contributed by atoms with Crippen LogP contribution < -0.4 is 11.1 Å². The highest BCUT2D eigenvalue weighted by molar-refractivity contribution is 6.33. The molecule has 110 valence electrons. The molecule has 0 aromatic heterocycles. The Balaban J connectivity index is 2.02. The summed E-state index contributed by atoms with van der Waals surface area (Å²) >= 11 is 5.88. The van der Waals surface area contributed by atoms with Crippen molar-refractivity contribution in [2.24, 2.45) is 5.92 Å². The molecule has 1 unspecified atom stereocenters. The van der Waals surface area contributed by atoms with Gasteiger partial charge in [0, 0.05) is 11.6 Å². The Morgan fingerprint density at radius 2 is 2.10 bits per heavy atom. The maximum absolute atomic E-state index is 12.3. The second kappa shape index (κ2) is 6.98. The number of anilines is 1. The van der Waals surface area contributed by atoms with Gasteiger partial charge in [-0.15, -0.1) is 0 Å². The Morgan fingerprint density at radius 3 is 2.70 bits per heavy atom. The number of hydrogen-bond acceptors (Lipinski definition) is 2. The number of hydrogen-bond donors (Lipinski definition) is 2. The van der Waals surface area contributed by atoms with Gasteiger partial charge in [0.1, 0.15) is 0 Å². The normalized spacial score (nSPS) is 17.7. The van der Waals surface area contributed by atoms with Crippen LogP contribution in [0.25, 0.3) is 0 Å². The first-order chi connectivity index (χ1) is 9.61. The van der Waals surface area contributed by atoms with E-state index in [9.17, 15) is 4.79 Å². The fourth-order valence-electron chi connectivity index (χ4n) is 3.03. The zero-order valence-electron chi connectivity index (χ0n) is 12.0. The van der Waals surface area contributed by atoms with Gasteiger partial charge < -0.3 is 11.1 Å². The van der Waals surface area contributed by atoms with Crippen LogP contribution in [-0.4, -0.2) is 11.9 Å². The number of nitrogens with two attached hydrogens (primary N) is 1. The highest BCUT2D eigenvalue weighted by atomic mass is 35.5. The van der Waals surface area contributed by atoms with Crippen LogP contribution in [0.4, 0.5) is 5.69 Å². The van der Waals surface area contributed by atoms with Gasteiger partial charge in [-0.3, -0.25) is 4.79 Å². The lowest BCUT2D eigenvalue weighted by Crippen LogP contribution is -2.40. The van der Waals surface area contributed by atoms with Crippen molar-refractivity contribution in [1.82, 2.24) is 5.32 Å². The van der Waals surface area contributed by atoms with Crippen LogP contribution in [0.5, 0.6) is 0 Å². The Kier molecular flexibility index (Phi) is 5.30. The largest absolute Gasteiger partial charge is 0.398 e. The summed E-state index contributed by atoms with van der Waals surface area (Å²) in [5, 5.41) is 3.65. The minimum absolute atomic E-state index is 0.0502. The first kappa shape index (κ1) is 15.2. The van der Waals surface area contributed by atoms with Gasteiger partial charge in [-0.1, -0.05) is 37.8 Å². The van der Waals surface area contributed by atoms with Crippen LogP contribution in [0.15, 0.2) is 18.2 Å². The van der Waals surface area contributed by atoms with E-state index in [0.29, 0.717) is 22.2 Å². The van der Waals surface area contributed by atoms with Crippen LogP contribution in [0, 0.1) is 5.92 Å². The Bertz CT molecular complexity index is 470. The van der Waals surface area contributed by atoms with Gasteiger partial charge in [0.05, 0.1) is 10.7 Å². The number of nitrogens with one attached hydrogen (secondary N) is 1. The number of carbonyl (C=O) groups is 1. The van der Waals surface area contributed by atoms with E-state index in [-0.39, 0.29) is 11.9 Å². The standard InChI is InChI=1S/C16H23ClN2O/c1-2-15(11-6-4-3-5-7-11)19-16(20)12-8-9-13(17)14(18)10-12/h8-11,15H,2-7,18H2,1H3,(H,19,20). The Hall–Kier alpha value is -1.22. The van der Waals surface area contributed by atoms with Crippen molar-refractivity contribution in [3.63, 3.8) is 0 Å². The number of amides is 1. The molecule has 0 heterocycles. The average Bonchev–Trinajstić information content (AvgIpc) is 2.48. The molecule has 1 atom stereocenters. The minimum Gasteiger partial charge on any atom is -0.398 e. The van der Waals surface area contributed by atoms with E-state index in [1.165, 1.54) is 32.1 Å². The highest BCUT2D eigenvalue weighted by Crippen LogP contribution is 2.28. The summed E-state index contributed by atoms with van der Waals surface area (Å²) in [5.41, 5.74) is 6.79. The average molecular weight is 295 g/mol. The molecular formula is C16H23ClN2O. The van der Waals surface area contributed by atoms with Crippen LogP contribution in [0.3, 0.4) is 0 Å². The fourth-order valence-corrected chi connectivity index (χ4v) is 3.14. The van der Waals surface area contributed by atoms with E-state index >= 15 is 0 Å².